The summed E-state index contributed by atoms with van der Waals surface area (Å²) in [6.45, 7) is 3.18. The minimum atomic E-state index is -3.84. The largest absolute Gasteiger partial charge is 0.389 e. The van der Waals surface area contributed by atoms with Crippen LogP contribution in [0.5, 0.6) is 0 Å². The molecule has 10 heteroatoms. The number of carbonyl (C=O) groups is 2. The van der Waals surface area contributed by atoms with Gasteiger partial charge in [-0.1, -0.05) is 24.0 Å². The fourth-order valence-electron chi connectivity index (χ4n) is 3.39. The summed E-state index contributed by atoms with van der Waals surface area (Å²) in [5.74, 6) is 4.99. The van der Waals surface area contributed by atoms with Gasteiger partial charge in [0.1, 0.15) is 0 Å². The Labute approximate surface area is 186 Å². The van der Waals surface area contributed by atoms with Crippen molar-refractivity contribution in [2.45, 2.75) is 37.7 Å². The summed E-state index contributed by atoms with van der Waals surface area (Å²) in [6, 6.07) is 8.68. The first-order valence-electron chi connectivity index (χ1n) is 9.91. The Morgan fingerprint density at radius 3 is 2.41 bits per heavy atom. The molecule has 0 saturated carbocycles. The smallest absolute Gasteiger partial charge is 0.328 e. The van der Waals surface area contributed by atoms with E-state index in [2.05, 4.69) is 11.8 Å². The van der Waals surface area contributed by atoms with Crippen LogP contribution >= 0.6 is 0 Å². The molecule has 0 bridgehead atoms. The molecule has 0 aliphatic carbocycles. The molecular formula is C22H25N3O6S. The van der Waals surface area contributed by atoms with E-state index in [1.165, 1.54) is 21.9 Å². The van der Waals surface area contributed by atoms with Gasteiger partial charge in [-0.3, -0.25) is 14.6 Å². The van der Waals surface area contributed by atoms with Crippen molar-refractivity contribution >= 4 is 21.8 Å². The zero-order chi connectivity index (χ0) is 23.7. The third-order valence-electron chi connectivity index (χ3n) is 5.73. The minimum absolute atomic E-state index is 0.0220. The number of aromatic nitrogens is 1. The van der Waals surface area contributed by atoms with Gasteiger partial charge in [-0.25, -0.2) is 18.7 Å². The molecule has 2 amide bonds. The number of hydroxylamine groups is 1. The summed E-state index contributed by atoms with van der Waals surface area (Å²) in [6.07, 6.45) is 1.82. The Bertz CT molecular complexity index is 1200. The maximum absolute atomic E-state index is 12.7. The number of benzene rings is 1. The molecule has 1 aliphatic heterocycles. The molecular weight excluding hydrogens is 434 g/mol. The summed E-state index contributed by atoms with van der Waals surface area (Å²) in [5.41, 5.74) is 4.34. The number of fused-ring (bicyclic) bond motifs is 1. The second kappa shape index (κ2) is 8.78. The highest BCUT2D eigenvalue weighted by molar-refractivity contribution is 7.92. The summed E-state index contributed by atoms with van der Waals surface area (Å²) in [4.78, 5) is 26.1. The first-order valence-corrected chi connectivity index (χ1v) is 11.8. The van der Waals surface area contributed by atoms with E-state index in [0.717, 1.165) is 17.4 Å². The van der Waals surface area contributed by atoms with Gasteiger partial charge in [0.15, 0.2) is 14.6 Å². The third kappa shape index (κ3) is 4.55. The molecule has 170 valence electrons. The highest BCUT2D eigenvalue weighted by Gasteiger charge is 2.44. The van der Waals surface area contributed by atoms with Crippen LogP contribution in [0.1, 0.15) is 48.8 Å². The van der Waals surface area contributed by atoms with E-state index in [4.69, 9.17) is 5.21 Å². The molecule has 1 aliphatic rings. The van der Waals surface area contributed by atoms with Crippen molar-refractivity contribution in [3.63, 3.8) is 0 Å². The fraction of sp³-hybridized carbons (Fsp3) is 0.364. The van der Waals surface area contributed by atoms with Crippen LogP contribution < -0.4 is 5.48 Å². The maximum Gasteiger partial charge on any atom is 0.328 e. The molecule has 0 fully saturated rings. The average Bonchev–Trinajstić information content (AvgIpc) is 3.27. The second-order valence-electron chi connectivity index (χ2n) is 8.04. The van der Waals surface area contributed by atoms with Crippen LogP contribution in [-0.2, 0) is 21.2 Å². The number of aliphatic hydroxyl groups excluding tert-OH is 1. The fourth-order valence-corrected chi connectivity index (χ4v) is 4.23. The lowest BCUT2D eigenvalue weighted by molar-refractivity contribution is -0.131. The van der Waals surface area contributed by atoms with Crippen molar-refractivity contribution in [3.8, 4) is 11.8 Å². The maximum atomic E-state index is 12.7. The van der Waals surface area contributed by atoms with Gasteiger partial charge in [-0.15, -0.1) is 0 Å². The van der Waals surface area contributed by atoms with Gasteiger partial charge in [-0.05, 0) is 44.0 Å². The van der Waals surface area contributed by atoms with Crippen LogP contribution in [0.25, 0.3) is 0 Å². The molecule has 1 aromatic carbocycles. The molecule has 0 unspecified atom stereocenters. The third-order valence-corrected chi connectivity index (χ3v) is 7.76. The van der Waals surface area contributed by atoms with Gasteiger partial charge in [0.25, 0.3) is 5.91 Å². The first-order chi connectivity index (χ1) is 15.0. The first kappa shape index (κ1) is 23.5. The molecule has 32 heavy (non-hydrogen) atoms. The Hall–Kier alpha value is -3.13. The average molecular weight is 460 g/mol. The van der Waals surface area contributed by atoms with Crippen LogP contribution in [0, 0.1) is 11.8 Å². The number of nitrogens with zero attached hydrogens (tertiary/aromatic N) is 2. The van der Waals surface area contributed by atoms with Crippen molar-refractivity contribution in [2.75, 3.05) is 12.8 Å². The van der Waals surface area contributed by atoms with Crippen LogP contribution in [0.15, 0.2) is 36.5 Å². The van der Waals surface area contributed by atoms with E-state index in [1.807, 2.05) is 12.1 Å². The zero-order valence-electron chi connectivity index (χ0n) is 18.0. The zero-order valence-corrected chi connectivity index (χ0v) is 18.8. The molecule has 0 saturated heterocycles. The number of nitrogens with one attached hydrogen (secondary N) is 1. The molecule has 3 rings (SSSR count). The predicted octanol–water partition coefficient (Wildman–Crippen LogP) is 1.42. The minimum Gasteiger partial charge on any atom is -0.389 e. The quantitative estimate of drug-likeness (QED) is 0.340. The van der Waals surface area contributed by atoms with E-state index in [9.17, 15) is 23.1 Å². The van der Waals surface area contributed by atoms with Crippen molar-refractivity contribution in [1.29, 1.82) is 0 Å². The van der Waals surface area contributed by atoms with Crippen LogP contribution in [-0.4, -0.2) is 57.7 Å². The van der Waals surface area contributed by atoms with Crippen molar-refractivity contribution in [1.82, 2.24) is 14.9 Å². The standard InChI is InChI=1S/C22H25N3O6S/c1-15(26)18-8-6-16(7-9-18)4-5-17-12-19-14-24(21(28)25(19)13-17)11-10-22(2,20(27)23-29)32(3,30)31/h6-9,12-13,15,26,29H,10-11,14H2,1-3H3,(H,23,27)/t15-,22+/m0/s1. The van der Waals surface area contributed by atoms with E-state index in [-0.39, 0.29) is 25.5 Å². The lowest BCUT2D eigenvalue weighted by Crippen LogP contribution is -2.50. The number of rotatable bonds is 6. The molecule has 9 nitrogen and oxygen atoms in total. The molecule has 0 radical (unpaired) electrons. The topological polar surface area (TPSA) is 129 Å². The van der Waals surface area contributed by atoms with E-state index in [0.29, 0.717) is 11.3 Å². The highest BCUT2D eigenvalue weighted by atomic mass is 32.2. The van der Waals surface area contributed by atoms with Gasteiger partial charge in [0.05, 0.1) is 12.6 Å². The predicted molar refractivity (Wildman–Crippen MR) is 116 cm³/mol. The number of hydrogen-bond donors (Lipinski definition) is 3. The summed E-state index contributed by atoms with van der Waals surface area (Å²) < 4.78 is 23.8. The van der Waals surface area contributed by atoms with Crippen molar-refractivity contribution in [3.05, 3.63) is 58.9 Å². The van der Waals surface area contributed by atoms with Gasteiger partial charge in [0.2, 0.25) is 0 Å². The summed E-state index contributed by atoms with van der Waals surface area (Å²) >= 11 is 0. The van der Waals surface area contributed by atoms with Gasteiger partial charge in [0, 0.05) is 35.8 Å². The molecule has 2 aromatic rings. The van der Waals surface area contributed by atoms with Gasteiger partial charge < -0.3 is 10.0 Å². The lowest BCUT2D eigenvalue weighted by atomic mass is 10.1. The number of hydrogen-bond acceptors (Lipinski definition) is 6. The summed E-state index contributed by atoms with van der Waals surface area (Å²) in [7, 11) is -3.84. The number of amides is 2. The Morgan fingerprint density at radius 2 is 1.88 bits per heavy atom. The van der Waals surface area contributed by atoms with Crippen LogP contribution in [0.4, 0.5) is 4.79 Å². The Kier molecular flexibility index (Phi) is 6.46. The summed E-state index contributed by atoms with van der Waals surface area (Å²) in [5, 5.41) is 18.5. The molecule has 1 aromatic heterocycles. The second-order valence-corrected chi connectivity index (χ2v) is 10.5. The van der Waals surface area contributed by atoms with Crippen LogP contribution in [0.3, 0.4) is 0 Å². The van der Waals surface area contributed by atoms with E-state index >= 15 is 0 Å². The van der Waals surface area contributed by atoms with E-state index in [1.54, 1.807) is 31.3 Å². The molecule has 0 spiro atoms. The van der Waals surface area contributed by atoms with Crippen molar-refractivity contribution in [2.24, 2.45) is 0 Å². The van der Waals surface area contributed by atoms with Gasteiger partial charge in [-0.2, -0.15) is 0 Å². The molecule has 2 heterocycles. The highest BCUT2D eigenvalue weighted by Crippen LogP contribution is 2.25. The molecule has 3 N–H and O–H groups in total. The normalized spacial score (nSPS) is 16.0. The van der Waals surface area contributed by atoms with Crippen molar-refractivity contribution < 1.29 is 28.3 Å². The van der Waals surface area contributed by atoms with E-state index < -0.39 is 26.6 Å². The number of aliphatic hydroxyl groups is 1. The monoisotopic (exact) mass is 459 g/mol. The Balaban J connectivity index is 1.70. The molecule has 2 atom stereocenters. The Morgan fingerprint density at radius 1 is 1.25 bits per heavy atom. The number of carbonyl (C=O) groups excluding carboxylic acids is 2. The van der Waals surface area contributed by atoms with Crippen LogP contribution in [0.2, 0.25) is 0 Å². The lowest BCUT2D eigenvalue weighted by Gasteiger charge is -2.27. The number of sulfone groups is 1. The SMILES string of the molecule is C[C@H](O)c1ccc(C#Cc2cc3n(c2)C(=O)N(CC[C@](C)(C(=O)NO)S(C)(=O)=O)C3)cc1. The van der Waals surface area contributed by atoms with Gasteiger partial charge >= 0.3 is 6.03 Å².